The zero-order valence-electron chi connectivity index (χ0n) is 15.0. The molecule has 2 atom stereocenters. The number of nitrogens with zero attached hydrogens (tertiary/aromatic N) is 4. The van der Waals surface area contributed by atoms with Gasteiger partial charge in [-0.05, 0) is 18.8 Å². The summed E-state index contributed by atoms with van der Waals surface area (Å²) in [5, 5.41) is 13.0. The first-order chi connectivity index (χ1) is 12.4. The fourth-order valence-corrected chi connectivity index (χ4v) is 5.37. The molecule has 1 aromatic heterocycles. The number of aryl methyl sites for hydroxylation is 1. The average Bonchev–Trinajstić information content (AvgIpc) is 3.07. The Morgan fingerprint density at radius 1 is 1.35 bits per heavy atom. The van der Waals surface area contributed by atoms with Crippen molar-refractivity contribution in [3.05, 3.63) is 12.4 Å². The predicted octanol–water partition coefficient (Wildman–Crippen LogP) is -0.00370. The SMILES string of the molecule is Cn1cc(S(=O)(=O)N2CC[C@H](N3CCOCC3)[C@H](CCC(=O)O)C2)cn1. The summed E-state index contributed by atoms with van der Waals surface area (Å²) >= 11 is 0. The predicted molar refractivity (Wildman–Crippen MR) is 93.1 cm³/mol. The summed E-state index contributed by atoms with van der Waals surface area (Å²) in [5.74, 6) is -0.859. The minimum atomic E-state index is -3.61. The number of sulfonamides is 1. The van der Waals surface area contributed by atoms with E-state index in [4.69, 9.17) is 9.84 Å². The molecule has 0 unspecified atom stereocenters. The summed E-state index contributed by atoms with van der Waals surface area (Å²) in [4.78, 5) is 13.6. The number of piperidine rings is 1. The van der Waals surface area contributed by atoms with Crippen LogP contribution in [-0.2, 0) is 26.6 Å². The van der Waals surface area contributed by atoms with Crippen molar-refractivity contribution >= 4 is 16.0 Å². The van der Waals surface area contributed by atoms with Gasteiger partial charge in [-0.3, -0.25) is 14.4 Å². The zero-order chi connectivity index (χ0) is 18.7. The third kappa shape index (κ3) is 4.25. The summed E-state index contributed by atoms with van der Waals surface area (Å²) in [6.45, 7) is 3.72. The average molecular weight is 386 g/mol. The number of aromatic nitrogens is 2. The maximum absolute atomic E-state index is 12.9. The number of carboxylic acids is 1. The molecule has 0 radical (unpaired) electrons. The van der Waals surface area contributed by atoms with E-state index in [1.54, 1.807) is 7.05 Å². The van der Waals surface area contributed by atoms with E-state index in [0.717, 1.165) is 13.1 Å². The highest BCUT2D eigenvalue weighted by Gasteiger charge is 2.38. The van der Waals surface area contributed by atoms with Gasteiger partial charge in [-0.2, -0.15) is 9.40 Å². The third-order valence-corrected chi connectivity index (χ3v) is 7.04. The van der Waals surface area contributed by atoms with Gasteiger partial charge in [0.2, 0.25) is 10.0 Å². The standard InChI is InChI=1S/C16H26N4O5S/c1-18-12-14(10-17-18)26(23,24)20-5-4-15(19-6-8-25-9-7-19)13(11-20)2-3-16(21)22/h10,12-13,15H,2-9,11H2,1H3,(H,21,22)/t13-,15+/m1/s1. The first kappa shape index (κ1) is 19.3. The maximum atomic E-state index is 12.9. The van der Waals surface area contributed by atoms with Crippen molar-refractivity contribution < 1.29 is 23.1 Å². The van der Waals surface area contributed by atoms with Gasteiger partial charge in [0.05, 0.1) is 19.4 Å². The van der Waals surface area contributed by atoms with Gasteiger partial charge in [0.1, 0.15) is 4.90 Å². The Morgan fingerprint density at radius 3 is 2.69 bits per heavy atom. The molecule has 10 heteroatoms. The van der Waals surface area contributed by atoms with Crippen molar-refractivity contribution in [2.45, 2.75) is 30.2 Å². The lowest BCUT2D eigenvalue weighted by Crippen LogP contribution is -2.55. The van der Waals surface area contributed by atoms with Crippen molar-refractivity contribution in [1.29, 1.82) is 0 Å². The van der Waals surface area contributed by atoms with Gasteiger partial charge in [-0.15, -0.1) is 0 Å². The Balaban J connectivity index is 1.76. The molecule has 0 aromatic carbocycles. The number of carbonyl (C=O) groups is 1. The van der Waals surface area contributed by atoms with E-state index in [9.17, 15) is 13.2 Å². The van der Waals surface area contributed by atoms with Crippen molar-refractivity contribution in [2.75, 3.05) is 39.4 Å². The van der Waals surface area contributed by atoms with Crippen LogP contribution in [-0.4, -0.2) is 83.9 Å². The molecule has 2 aliphatic rings. The van der Waals surface area contributed by atoms with E-state index in [-0.39, 0.29) is 23.3 Å². The third-order valence-electron chi connectivity index (χ3n) is 5.22. The largest absolute Gasteiger partial charge is 0.481 e. The molecule has 2 aliphatic heterocycles. The van der Waals surface area contributed by atoms with Crippen LogP contribution < -0.4 is 0 Å². The van der Waals surface area contributed by atoms with Gasteiger partial charge in [0, 0.05) is 51.9 Å². The lowest BCUT2D eigenvalue weighted by Gasteiger charge is -2.44. The molecule has 146 valence electrons. The minimum Gasteiger partial charge on any atom is -0.481 e. The van der Waals surface area contributed by atoms with Crippen LogP contribution in [0.1, 0.15) is 19.3 Å². The van der Waals surface area contributed by atoms with Gasteiger partial charge in [-0.1, -0.05) is 0 Å². The Hall–Kier alpha value is -1.49. The topological polar surface area (TPSA) is 105 Å². The highest BCUT2D eigenvalue weighted by molar-refractivity contribution is 7.89. The number of hydrogen-bond donors (Lipinski definition) is 1. The number of ether oxygens (including phenoxy) is 1. The number of carboxylic acid groups (broad SMARTS) is 1. The summed E-state index contributed by atoms with van der Waals surface area (Å²) in [6.07, 6.45) is 4.07. The first-order valence-electron chi connectivity index (χ1n) is 8.90. The smallest absolute Gasteiger partial charge is 0.303 e. The van der Waals surface area contributed by atoms with Crippen LogP contribution in [0.15, 0.2) is 17.3 Å². The van der Waals surface area contributed by atoms with Gasteiger partial charge in [0.25, 0.3) is 0 Å². The van der Waals surface area contributed by atoms with Crippen LogP contribution >= 0.6 is 0 Å². The van der Waals surface area contributed by atoms with Crippen molar-refractivity contribution in [2.24, 2.45) is 13.0 Å². The Labute approximate surface area is 153 Å². The van der Waals surface area contributed by atoms with Crippen molar-refractivity contribution in [3.8, 4) is 0 Å². The van der Waals surface area contributed by atoms with Crippen LogP contribution in [0, 0.1) is 5.92 Å². The van der Waals surface area contributed by atoms with Gasteiger partial charge >= 0.3 is 5.97 Å². The fourth-order valence-electron chi connectivity index (χ4n) is 3.87. The van der Waals surface area contributed by atoms with E-state index in [1.807, 2.05) is 0 Å². The van der Waals surface area contributed by atoms with Crippen molar-refractivity contribution in [1.82, 2.24) is 19.0 Å². The lowest BCUT2D eigenvalue weighted by molar-refractivity contribution is -0.137. The molecule has 3 heterocycles. The number of rotatable bonds is 6. The molecule has 2 saturated heterocycles. The summed E-state index contributed by atoms with van der Waals surface area (Å²) < 4.78 is 34.1. The van der Waals surface area contributed by atoms with E-state index in [2.05, 4.69) is 10.00 Å². The second kappa shape index (κ2) is 8.03. The van der Waals surface area contributed by atoms with Gasteiger partial charge in [-0.25, -0.2) is 8.42 Å². The van der Waals surface area contributed by atoms with Gasteiger partial charge in [0.15, 0.2) is 0 Å². The molecule has 1 aromatic rings. The second-order valence-corrected chi connectivity index (χ2v) is 8.85. The van der Waals surface area contributed by atoms with Crippen LogP contribution in [0.4, 0.5) is 0 Å². The molecule has 0 spiro atoms. The molecule has 2 fully saturated rings. The monoisotopic (exact) mass is 386 g/mol. The number of hydrogen-bond acceptors (Lipinski definition) is 6. The molecular weight excluding hydrogens is 360 g/mol. The molecule has 26 heavy (non-hydrogen) atoms. The van der Waals surface area contributed by atoms with Crippen LogP contribution in [0.2, 0.25) is 0 Å². The maximum Gasteiger partial charge on any atom is 0.303 e. The van der Waals surface area contributed by atoms with Gasteiger partial charge < -0.3 is 9.84 Å². The van der Waals surface area contributed by atoms with Crippen LogP contribution in [0.25, 0.3) is 0 Å². The lowest BCUT2D eigenvalue weighted by atomic mass is 9.88. The molecule has 0 saturated carbocycles. The van der Waals surface area contributed by atoms with E-state index < -0.39 is 16.0 Å². The molecule has 9 nitrogen and oxygen atoms in total. The molecule has 1 N–H and O–H groups in total. The molecule has 0 aliphatic carbocycles. The van der Waals surface area contributed by atoms with E-state index >= 15 is 0 Å². The highest BCUT2D eigenvalue weighted by Crippen LogP contribution is 2.30. The van der Waals surface area contributed by atoms with Crippen molar-refractivity contribution in [3.63, 3.8) is 0 Å². The fraction of sp³-hybridized carbons (Fsp3) is 0.750. The quantitative estimate of drug-likeness (QED) is 0.733. The van der Waals surface area contributed by atoms with Crippen LogP contribution in [0.3, 0.4) is 0 Å². The number of aliphatic carboxylic acids is 1. The molecule has 0 amide bonds. The normalized spacial score (nSPS) is 26.0. The Morgan fingerprint density at radius 2 is 2.08 bits per heavy atom. The second-order valence-electron chi connectivity index (χ2n) is 6.91. The van der Waals surface area contributed by atoms with E-state index in [0.29, 0.717) is 39.1 Å². The summed E-state index contributed by atoms with van der Waals surface area (Å²) in [5.41, 5.74) is 0. The van der Waals surface area contributed by atoms with Crippen LogP contribution in [0.5, 0.6) is 0 Å². The highest BCUT2D eigenvalue weighted by atomic mass is 32.2. The summed E-state index contributed by atoms with van der Waals surface area (Å²) in [7, 11) is -1.93. The Kier molecular flexibility index (Phi) is 5.96. The zero-order valence-corrected chi connectivity index (χ0v) is 15.8. The number of morpholine rings is 1. The molecule has 3 rings (SSSR count). The summed E-state index contributed by atoms with van der Waals surface area (Å²) in [6, 6.07) is 0.193. The van der Waals surface area contributed by atoms with E-state index in [1.165, 1.54) is 21.4 Å². The molecule has 0 bridgehead atoms. The Bertz CT molecular complexity index is 729. The minimum absolute atomic E-state index is 0.00982. The first-order valence-corrected chi connectivity index (χ1v) is 10.3. The molecular formula is C16H26N4O5S.